The molecule has 2 bridgehead atoms. The molecule has 0 saturated heterocycles. The molecule has 0 heterocycles. The molecule has 1 N–H and O–H groups in total. The van der Waals surface area contributed by atoms with E-state index in [1.165, 1.54) is 6.92 Å². The van der Waals surface area contributed by atoms with Gasteiger partial charge in [0.05, 0.1) is 6.61 Å². The van der Waals surface area contributed by atoms with Crippen molar-refractivity contribution in [3.8, 4) is 0 Å². The second-order valence-electron chi connectivity index (χ2n) is 6.13. The van der Waals surface area contributed by atoms with E-state index in [-0.39, 0.29) is 31.4 Å². The summed E-state index contributed by atoms with van der Waals surface area (Å²) in [6.45, 7) is 4.64. The first-order valence-corrected chi connectivity index (χ1v) is 6.92. The maximum Gasteiger partial charge on any atom is 0.423 e. The lowest BCUT2D eigenvalue weighted by Crippen LogP contribution is -2.63. The summed E-state index contributed by atoms with van der Waals surface area (Å²) in [5.74, 6) is -8.67. The normalized spacial score (nSPS) is 36.4. The van der Waals surface area contributed by atoms with Crippen LogP contribution in [-0.2, 0) is 9.53 Å². The van der Waals surface area contributed by atoms with E-state index in [1.54, 1.807) is 0 Å². The molecule has 0 amide bonds. The zero-order valence-corrected chi connectivity index (χ0v) is 11.9. The van der Waals surface area contributed by atoms with Crippen molar-refractivity contribution in [1.82, 2.24) is 0 Å². The fourth-order valence-electron chi connectivity index (χ4n) is 3.63. The smallest absolute Gasteiger partial charge is 0.423 e. The Bertz CT molecular complexity index is 487. The third-order valence-electron chi connectivity index (χ3n) is 4.76. The van der Waals surface area contributed by atoms with Crippen LogP contribution < -0.4 is 0 Å². The summed E-state index contributed by atoms with van der Waals surface area (Å²) in [6.07, 6.45) is -5.85. The number of hydrogen-bond donors (Lipinski definition) is 1. The van der Waals surface area contributed by atoms with Gasteiger partial charge in [-0.2, -0.15) is 13.2 Å². The van der Waals surface area contributed by atoms with Gasteiger partial charge in [0.25, 0.3) is 5.92 Å². The molecule has 3 nitrogen and oxygen atoms in total. The number of ether oxygens (including phenoxy) is 1. The molecule has 0 aliphatic heterocycles. The van der Waals surface area contributed by atoms with Gasteiger partial charge in [0.15, 0.2) is 0 Å². The molecule has 2 aliphatic rings. The number of carbonyl (C=O) groups excluding carboxylic acids is 1. The molecule has 2 aliphatic carbocycles. The van der Waals surface area contributed by atoms with E-state index in [1.807, 2.05) is 0 Å². The Hall–Kier alpha value is -1.18. The molecule has 2 rings (SSSR count). The number of alkyl halides is 5. The number of hydrogen-bond acceptors (Lipinski definition) is 3. The first-order valence-electron chi connectivity index (χ1n) is 6.92. The molecule has 126 valence electrons. The average molecular weight is 328 g/mol. The second-order valence-corrected chi connectivity index (χ2v) is 6.13. The third-order valence-corrected chi connectivity index (χ3v) is 4.76. The number of aliphatic hydroxyl groups is 1. The molecule has 0 aromatic rings. The van der Waals surface area contributed by atoms with Crippen molar-refractivity contribution in [3.05, 3.63) is 12.2 Å². The number of rotatable bonds is 4. The predicted molar refractivity (Wildman–Crippen MR) is 66.0 cm³/mol. The van der Waals surface area contributed by atoms with E-state index in [2.05, 4.69) is 6.58 Å². The average Bonchev–Trinajstić information content (AvgIpc) is 2.87. The van der Waals surface area contributed by atoms with Gasteiger partial charge in [0.1, 0.15) is 0 Å². The molecule has 8 heteroatoms. The second kappa shape index (κ2) is 5.18. The van der Waals surface area contributed by atoms with Crippen molar-refractivity contribution < 1.29 is 36.6 Å². The minimum Gasteiger partial charge on any atom is -0.462 e. The molecule has 0 aromatic carbocycles. The number of carbonyl (C=O) groups is 1. The lowest BCUT2D eigenvalue weighted by Gasteiger charge is -2.42. The summed E-state index contributed by atoms with van der Waals surface area (Å²) in [5, 5.41) is 9.58. The van der Waals surface area contributed by atoms with Gasteiger partial charge in [-0.3, -0.25) is 0 Å². The predicted octanol–water partition coefficient (Wildman–Crippen LogP) is 3.08. The van der Waals surface area contributed by atoms with Gasteiger partial charge < -0.3 is 9.84 Å². The number of fused-ring (bicyclic) bond motifs is 2. The van der Waals surface area contributed by atoms with Crippen LogP contribution in [0.3, 0.4) is 0 Å². The summed E-state index contributed by atoms with van der Waals surface area (Å²) >= 11 is 0. The van der Waals surface area contributed by atoms with Crippen molar-refractivity contribution in [2.24, 2.45) is 17.8 Å². The largest absolute Gasteiger partial charge is 0.462 e. The molecule has 2 saturated carbocycles. The summed E-state index contributed by atoms with van der Waals surface area (Å²) in [7, 11) is 0. The van der Waals surface area contributed by atoms with Crippen LogP contribution in [0.25, 0.3) is 0 Å². The van der Waals surface area contributed by atoms with Crippen LogP contribution in [0.5, 0.6) is 0 Å². The lowest BCUT2D eigenvalue weighted by atomic mass is 9.74. The molecular formula is C14H17F5O3. The van der Waals surface area contributed by atoms with E-state index in [4.69, 9.17) is 4.74 Å². The summed E-state index contributed by atoms with van der Waals surface area (Å²) in [4.78, 5) is 11.2. The highest BCUT2D eigenvalue weighted by Gasteiger charge is 2.81. The van der Waals surface area contributed by atoms with Crippen LogP contribution in [0.4, 0.5) is 22.0 Å². The summed E-state index contributed by atoms with van der Waals surface area (Å²) in [5.41, 5.74) is -3.79. The first-order chi connectivity index (χ1) is 9.93. The molecular weight excluding hydrogens is 311 g/mol. The van der Waals surface area contributed by atoms with Crippen LogP contribution in [-0.4, -0.2) is 35.4 Å². The van der Waals surface area contributed by atoms with E-state index in [0.29, 0.717) is 0 Å². The van der Waals surface area contributed by atoms with E-state index in [9.17, 15) is 31.9 Å². The Labute approximate surface area is 124 Å². The Morgan fingerprint density at radius 3 is 2.41 bits per heavy atom. The molecule has 0 radical (unpaired) electrons. The van der Waals surface area contributed by atoms with Crippen molar-refractivity contribution in [2.45, 2.75) is 43.9 Å². The molecule has 4 atom stereocenters. The van der Waals surface area contributed by atoms with Crippen molar-refractivity contribution >= 4 is 5.97 Å². The summed E-state index contributed by atoms with van der Waals surface area (Å²) < 4.78 is 71.5. The van der Waals surface area contributed by atoms with E-state index < -0.39 is 41.4 Å². The molecule has 0 spiro atoms. The van der Waals surface area contributed by atoms with E-state index in [0.717, 1.165) is 0 Å². The molecule has 4 unspecified atom stereocenters. The van der Waals surface area contributed by atoms with Crippen molar-refractivity contribution in [1.29, 1.82) is 0 Å². The van der Waals surface area contributed by atoms with Crippen molar-refractivity contribution in [2.75, 3.05) is 6.61 Å². The highest BCUT2D eigenvalue weighted by Crippen LogP contribution is 2.66. The Balaban J connectivity index is 2.03. The topological polar surface area (TPSA) is 46.5 Å². The minimum absolute atomic E-state index is 0.0454. The molecule has 2 fully saturated rings. The van der Waals surface area contributed by atoms with Crippen LogP contribution in [0.2, 0.25) is 0 Å². The van der Waals surface area contributed by atoms with Crippen LogP contribution in [0, 0.1) is 17.8 Å². The van der Waals surface area contributed by atoms with Gasteiger partial charge in [-0.05, 0) is 32.1 Å². The maximum absolute atomic E-state index is 14.1. The van der Waals surface area contributed by atoms with Gasteiger partial charge in [-0.1, -0.05) is 6.58 Å². The number of esters is 1. The van der Waals surface area contributed by atoms with Crippen molar-refractivity contribution in [3.63, 3.8) is 0 Å². The monoisotopic (exact) mass is 328 g/mol. The fraction of sp³-hybridized carbons (Fsp3) is 0.786. The fourth-order valence-corrected chi connectivity index (χ4v) is 3.63. The van der Waals surface area contributed by atoms with Crippen LogP contribution in [0.1, 0.15) is 26.2 Å². The van der Waals surface area contributed by atoms with Gasteiger partial charge in [-0.15, -0.1) is 0 Å². The maximum atomic E-state index is 14.1. The minimum atomic E-state index is -5.37. The molecule has 22 heavy (non-hydrogen) atoms. The highest BCUT2D eigenvalue weighted by atomic mass is 19.4. The van der Waals surface area contributed by atoms with Crippen LogP contribution in [0.15, 0.2) is 12.2 Å². The Morgan fingerprint density at radius 2 is 1.95 bits per heavy atom. The Kier molecular flexibility index (Phi) is 4.04. The van der Waals surface area contributed by atoms with E-state index >= 15 is 0 Å². The Morgan fingerprint density at radius 1 is 1.36 bits per heavy atom. The SMILES string of the molecule is C=C(C)C(=O)OCCC1CC2CC1C(F)(F)C2(O)C(F)(F)F. The van der Waals surface area contributed by atoms with Gasteiger partial charge in [0, 0.05) is 17.4 Å². The quantitative estimate of drug-likeness (QED) is 0.490. The molecule has 0 aromatic heterocycles. The van der Waals surface area contributed by atoms with Gasteiger partial charge in [0.2, 0.25) is 5.60 Å². The lowest BCUT2D eigenvalue weighted by molar-refractivity contribution is -0.351. The zero-order valence-electron chi connectivity index (χ0n) is 11.9. The van der Waals surface area contributed by atoms with Gasteiger partial charge in [-0.25, -0.2) is 13.6 Å². The highest BCUT2D eigenvalue weighted by molar-refractivity contribution is 5.86. The third kappa shape index (κ3) is 2.31. The zero-order chi connectivity index (χ0) is 16.9. The van der Waals surface area contributed by atoms with Gasteiger partial charge >= 0.3 is 12.1 Å². The van der Waals surface area contributed by atoms with Crippen LogP contribution >= 0.6 is 0 Å². The first kappa shape index (κ1) is 17.2. The summed E-state index contributed by atoms with van der Waals surface area (Å²) in [6, 6.07) is 0. The number of halogens is 5. The standard InChI is InChI=1S/C14H17F5O3/c1-7(2)11(20)22-4-3-8-5-9-6-10(8)13(15,16)12(9,21)14(17,18)19/h8-10,21H,1,3-6H2,2H3.